The molecule has 0 fully saturated rings. The van der Waals surface area contributed by atoms with Crippen LogP contribution in [0.1, 0.15) is 194 Å². The maximum atomic E-state index is 2.61. The summed E-state index contributed by atoms with van der Waals surface area (Å²) < 4.78 is 5.20. The highest BCUT2D eigenvalue weighted by atomic mass is 15.1. The molecule has 0 aromatic carbocycles. The van der Waals surface area contributed by atoms with Gasteiger partial charge in [-0.05, 0) is 32.1 Å². The minimum atomic E-state index is 1.21. The van der Waals surface area contributed by atoms with E-state index in [9.17, 15) is 0 Å². The molecule has 0 N–H and O–H groups in total. The van der Waals surface area contributed by atoms with Crippen LogP contribution in [0.25, 0.3) is 0 Å². The van der Waals surface area contributed by atoms with Crippen molar-refractivity contribution in [1.82, 2.24) is 4.57 Å². The Kier molecular flexibility index (Phi) is 24.8. The monoisotopic (exact) mass is 518 g/mol. The van der Waals surface area contributed by atoms with Crippen molar-refractivity contribution in [3.05, 3.63) is 18.2 Å². The average Bonchev–Trinajstić information content (AvgIpc) is 3.29. The molecule has 0 saturated heterocycles. The quantitative estimate of drug-likeness (QED) is 0.0737. The maximum absolute atomic E-state index is 2.61. The van der Waals surface area contributed by atoms with Crippen LogP contribution in [0.4, 0.5) is 0 Å². The van der Waals surface area contributed by atoms with E-state index in [1.165, 1.54) is 186 Å². The lowest BCUT2D eigenvalue weighted by Gasteiger charge is -2.07. The highest BCUT2D eigenvalue weighted by molar-refractivity contribution is 4.84. The summed E-state index contributed by atoms with van der Waals surface area (Å²) in [6, 6.07) is 0. The van der Waals surface area contributed by atoms with Gasteiger partial charge in [-0.25, -0.2) is 9.13 Å². The lowest BCUT2D eigenvalue weighted by atomic mass is 10.0. The number of imidazole rings is 1. The van der Waals surface area contributed by atoms with E-state index in [-0.39, 0.29) is 0 Å². The summed E-state index contributed by atoms with van der Waals surface area (Å²) in [4.78, 5) is 0. The van der Waals surface area contributed by atoms with Crippen LogP contribution in [0.3, 0.4) is 0 Å². The first-order chi connectivity index (χ1) is 18.3. The molecule has 0 aliphatic rings. The first kappa shape index (κ1) is 34.2. The molecule has 1 heterocycles. The van der Waals surface area contributed by atoms with Crippen LogP contribution in [-0.2, 0) is 19.5 Å². The minimum absolute atomic E-state index is 1.21. The fraction of sp³-hybridized carbons (Fsp3) is 0.914. The van der Waals surface area contributed by atoms with Crippen LogP contribution in [0.15, 0.2) is 12.4 Å². The predicted octanol–water partition coefficient (Wildman–Crippen LogP) is 11.5. The molecular formula is C35H69N2+. The summed E-state index contributed by atoms with van der Waals surface area (Å²) in [5, 5.41) is 0. The van der Waals surface area contributed by atoms with Crippen LogP contribution in [0, 0.1) is 0 Å². The Morgan fingerprint density at radius 1 is 0.459 bits per heavy atom. The van der Waals surface area contributed by atoms with Crippen LogP contribution in [0.2, 0.25) is 0 Å². The smallest absolute Gasteiger partial charge is 0.234 e. The van der Waals surface area contributed by atoms with E-state index in [0.717, 1.165) is 0 Å². The number of aromatic nitrogens is 2. The highest BCUT2D eigenvalue weighted by Crippen LogP contribution is 2.15. The van der Waals surface area contributed by atoms with Gasteiger partial charge < -0.3 is 0 Å². The summed E-state index contributed by atoms with van der Waals surface area (Å²) in [6.07, 6.45) is 43.0. The van der Waals surface area contributed by atoms with E-state index < -0.39 is 0 Å². The fourth-order valence-electron chi connectivity index (χ4n) is 5.80. The topological polar surface area (TPSA) is 8.81 Å². The van der Waals surface area contributed by atoms with Gasteiger partial charge in [0.15, 0.2) is 0 Å². The zero-order valence-corrected chi connectivity index (χ0v) is 26.1. The molecule has 0 unspecified atom stereocenters. The Bertz CT molecular complexity index is 576. The second-order valence-corrected chi connectivity index (χ2v) is 12.0. The molecule has 2 nitrogen and oxygen atoms in total. The molecule has 0 spiro atoms. The third-order valence-electron chi connectivity index (χ3n) is 8.35. The largest absolute Gasteiger partial charge is 0.256 e. The molecule has 2 heteroatoms. The zero-order valence-electron chi connectivity index (χ0n) is 26.1. The molecular weight excluding hydrogens is 448 g/mol. The minimum Gasteiger partial charge on any atom is -0.234 e. The number of unbranched alkanes of at least 4 members (excludes halogenated alkanes) is 23. The number of hydrogen-bond donors (Lipinski definition) is 0. The van der Waals surface area contributed by atoms with Crippen LogP contribution in [-0.4, -0.2) is 4.57 Å². The van der Waals surface area contributed by atoms with Gasteiger partial charge in [0.25, 0.3) is 5.82 Å². The highest BCUT2D eigenvalue weighted by Gasteiger charge is 2.16. The number of rotatable bonds is 29. The molecule has 0 bridgehead atoms. The Balaban J connectivity index is 2.20. The molecule has 1 aromatic rings. The molecule has 218 valence electrons. The lowest BCUT2D eigenvalue weighted by Crippen LogP contribution is -2.37. The van der Waals surface area contributed by atoms with Gasteiger partial charge >= 0.3 is 0 Å². The van der Waals surface area contributed by atoms with Gasteiger partial charge in [0.2, 0.25) is 0 Å². The number of nitrogens with zero attached hydrogens (tertiary/aromatic N) is 2. The Hall–Kier alpha value is -0.790. The van der Waals surface area contributed by atoms with Gasteiger partial charge in [-0.15, -0.1) is 0 Å². The summed E-state index contributed by atoms with van der Waals surface area (Å²) in [5.41, 5.74) is 0. The van der Waals surface area contributed by atoms with Gasteiger partial charge in [0.1, 0.15) is 12.4 Å². The Morgan fingerprint density at radius 2 is 0.838 bits per heavy atom. The van der Waals surface area contributed by atoms with Gasteiger partial charge in [-0.2, -0.15) is 0 Å². The first-order valence-corrected chi connectivity index (χ1v) is 17.4. The summed E-state index contributed by atoms with van der Waals surface area (Å²) >= 11 is 0. The van der Waals surface area contributed by atoms with E-state index in [2.05, 4.69) is 42.3 Å². The molecule has 0 aliphatic carbocycles. The van der Waals surface area contributed by atoms with Gasteiger partial charge in [0, 0.05) is 6.42 Å². The van der Waals surface area contributed by atoms with Crippen molar-refractivity contribution in [2.75, 3.05) is 0 Å². The Labute approximate surface area is 234 Å². The van der Waals surface area contributed by atoms with Crippen LogP contribution < -0.4 is 4.57 Å². The Morgan fingerprint density at radius 3 is 1.30 bits per heavy atom. The number of hydrogen-bond acceptors (Lipinski definition) is 0. The molecule has 1 aromatic heterocycles. The molecule has 0 radical (unpaired) electrons. The maximum Gasteiger partial charge on any atom is 0.256 e. The predicted molar refractivity (Wildman–Crippen MR) is 165 cm³/mol. The van der Waals surface area contributed by atoms with Crippen molar-refractivity contribution in [3.63, 3.8) is 0 Å². The average molecular weight is 518 g/mol. The second kappa shape index (κ2) is 26.8. The van der Waals surface area contributed by atoms with Crippen molar-refractivity contribution < 1.29 is 4.57 Å². The number of aryl methyl sites for hydroxylation is 2. The van der Waals surface area contributed by atoms with Gasteiger partial charge in [-0.1, -0.05) is 156 Å². The third-order valence-corrected chi connectivity index (χ3v) is 8.35. The van der Waals surface area contributed by atoms with Crippen molar-refractivity contribution in [2.24, 2.45) is 0 Å². The van der Waals surface area contributed by atoms with E-state index in [1.807, 2.05) is 0 Å². The fourth-order valence-corrected chi connectivity index (χ4v) is 5.80. The molecule has 0 amide bonds. The SMILES string of the molecule is CCCCCCCCCCCCCCCc1n(CCCCCCCCCCCC)cc[n+]1CCCCC. The van der Waals surface area contributed by atoms with Crippen LogP contribution in [0.5, 0.6) is 0 Å². The standard InChI is InChI=1S/C35H69N2/c1-4-7-10-12-14-16-18-19-20-21-23-25-27-30-35-36(31-28-9-6-3)33-34-37(35)32-29-26-24-22-17-15-13-11-8-5-2/h33-34H,4-32H2,1-3H3/q+1. The first-order valence-electron chi connectivity index (χ1n) is 17.4. The molecule has 1 rings (SSSR count). The normalized spacial score (nSPS) is 11.5. The van der Waals surface area contributed by atoms with E-state index >= 15 is 0 Å². The summed E-state index contributed by atoms with van der Waals surface area (Å²) in [7, 11) is 0. The van der Waals surface area contributed by atoms with Crippen LogP contribution >= 0.6 is 0 Å². The molecule has 0 atom stereocenters. The zero-order chi connectivity index (χ0) is 26.7. The van der Waals surface area contributed by atoms with Gasteiger partial charge in [-0.3, -0.25) is 0 Å². The van der Waals surface area contributed by atoms with Crippen molar-refractivity contribution in [2.45, 2.75) is 207 Å². The van der Waals surface area contributed by atoms with Crippen molar-refractivity contribution in [3.8, 4) is 0 Å². The molecule has 37 heavy (non-hydrogen) atoms. The molecule has 0 saturated carbocycles. The van der Waals surface area contributed by atoms with Gasteiger partial charge in [0.05, 0.1) is 13.1 Å². The van der Waals surface area contributed by atoms with E-state index in [4.69, 9.17) is 0 Å². The van der Waals surface area contributed by atoms with E-state index in [0.29, 0.717) is 0 Å². The van der Waals surface area contributed by atoms with Crippen molar-refractivity contribution in [1.29, 1.82) is 0 Å². The molecule has 0 aliphatic heterocycles. The summed E-state index contributed by atoms with van der Waals surface area (Å²) in [5.74, 6) is 1.61. The van der Waals surface area contributed by atoms with E-state index in [1.54, 1.807) is 5.82 Å². The second-order valence-electron chi connectivity index (χ2n) is 12.0. The third kappa shape index (κ3) is 19.9. The lowest BCUT2D eigenvalue weighted by molar-refractivity contribution is -0.704. The van der Waals surface area contributed by atoms with Crippen molar-refractivity contribution >= 4 is 0 Å². The summed E-state index contributed by atoms with van der Waals surface area (Å²) in [6.45, 7) is 9.37.